The third-order valence-corrected chi connectivity index (χ3v) is 6.28. The fourth-order valence-corrected chi connectivity index (χ4v) is 4.53. The number of pyridine rings is 2. The van der Waals surface area contributed by atoms with Gasteiger partial charge < -0.3 is 24.5 Å². The van der Waals surface area contributed by atoms with E-state index in [1.54, 1.807) is 22.9 Å². The van der Waals surface area contributed by atoms with Crippen molar-refractivity contribution >= 4 is 35.7 Å². The lowest BCUT2D eigenvalue weighted by molar-refractivity contribution is 0.140. The maximum absolute atomic E-state index is 13.7. The summed E-state index contributed by atoms with van der Waals surface area (Å²) in [6, 6.07) is 9.57. The lowest BCUT2D eigenvalue weighted by Gasteiger charge is -2.19. The van der Waals surface area contributed by atoms with Gasteiger partial charge in [0.05, 0.1) is 23.5 Å². The molecule has 2 N–H and O–H groups in total. The molecule has 0 saturated carbocycles. The van der Waals surface area contributed by atoms with Gasteiger partial charge in [0.25, 0.3) is 5.56 Å². The number of aliphatic hydroxyl groups excluding tert-OH is 1. The van der Waals surface area contributed by atoms with Crippen molar-refractivity contribution in [3.05, 3.63) is 64.5 Å². The summed E-state index contributed by atoms with van der Waals surface area (Å²) < 4.78 is 26.4. The summed E-state index contributed by atoms with van der Waals surface area (Å²) in [4.78, 5) is 18.9. The van der Waals surface area contributed by atoms with E-state index in [2.05, 4.69) is 15.2 Å². The van der Waals surface area contributed by atoms with Crippen LogP contribution in [0.4, 0.5) is 4.39 Å². The lowest BCUT2D eigenvalue weighted by Crippen LogP contribution is -2.31. The van der Waals surface area contributed by atoms with Crippen molar-refractivity contribution in [3.8, 4) is 11.5 Å². The van der Waals surface area contributed by atoms with Crippen LogP contribution in [0.3, 0.4) is 0 Å². The van der Waals surface area contributed by atoms with E-state index in [0.29, 0.717) is 63.0 Å². The van der Waals surface area contributed by atoms with Crippen LogP contribution in [-0.4, -0.2) is 65.1 Å². The average molecular weight is 527 g/mol. The van der Waals surface area contributed by atoms with E-state index in [1.165, 1.54) is 18.2 Å². The number of β-amino-alcohol motifs (C(OH)–C–C–N with tert-alkyl or cyclic N) is 1. The zero-order chi connectivity index (χ0) is 22.8. The predicted molar refractivity (Wildman–Crippen MR) is 136 cm³/mol. The normalized spacial score (nSPS) is 19.3. The van der Waals surface area contributed by atoms with E-state index < -0.39 is 6.10 Å². The third kappa shape index (κ3) is 6.23. The molecule has 2 atom stereocenters. The Kier molecular flexibility index (Phi) is 9.32. The summed E-state index contributed by atoms with van der Waals surface area (Å²) in [5.41, 5.74) is 1.29. The number of rotatable bonds is 7. The molecule has 0 radical (unpaired) electrons. The number of hydrogen-bond acceptors (Lipinski definition) is 7. The molecule has 0 unspecified atom stereocenters. The second-order valence-electron chi connectivity index (χ2n) is 8.56. The molecule has 0 aliphatic carbocycles. The minimum Gasteiger partial charge on any atom is -0.486 e. The number of ether oxygens (including phenoxy) is 2. The molecule has 2 aliphatic rings. The molecule has 0 bridgehead atoms. The number of nitrogens with one attached hydrogen (secondary N) is 1. The van der Waals surface area contributed by atoms with Crippen LogP contribution < -0.4 is 20.3 Å². The summed E-state index contributed by atoms with van der Waals surface area (Å²) in [5.74, 6) is 1.09. The molecule has 1 saturated heterocycles. The molecule has 8 nitrogen and oxygen atoms in total. The van der Waals surface area contributed by atoms with Crippen molar-refractivity contribution in [2.45, 2.75) is 19.2 Å². The number of aliphatic hydroxyl groups is 1. The number of hydrogen-bond donors (Lipinski definition) is 2. The molecule has 2 aromatic heterocycles. The third-order valence-electron chi connectivity index (χ3n) is 6.28. The van der Waals surface area contributed by atoms with Gasteiger partial charge in [-0.3, -0.25) is 14.7 Å². The van der Waals surface area contributed by atoms with E-state index in [0.717, 1.165) is 17.6 Å². The van der Waals surface area contributed by atoms with Crippen molar-refractivity contribution in [1.82, 2.24) is 19.8 Å². The second kappa shape index (κ2) is 12.0. The molecule has 11 heteroatoms. The highest BCUT2D eigenvalue weighted by atomic mass is 35.5. The first-order valence-corrected chi connectivity index (χ1v) is 11.2. The van der Waals surface area contributed by atoms with Crippen LogP contribution in [0.25, 0.3) is 10.9 Å². The first-order valence-electron chi connectivity index (χ1n) is 11.2. The first-order chi connectivity index (χ1) is 16.1. The molecule has 35 heavy (non-hydrogen) atoms. The van der Waals surface area contributed by atoms with Gasteiger partial charge in [0.15, 0.2) is 11.5 Å². The Labute approximate surface area is 214 Å². The monoisotopic (exact) mass is 526 g/mol. The molecular weight excluding hydrogens is 498 g/mol. The van der Waals surface area contributed by atoms with E-state index in [-0.39, 0.29) is 42.1 Å². The van der Waals surface area contributed by atoms with Gasteiger partial charge in [-0.15, -0.1) is 24.8 Å². The molecule has 2 aliphatic heterocycles. The van der Waals surface area contributed by atoms with Crippen molar-refractivity contribution in [2.75, 3.05) is 39.4 Å². The van der Waals surface area contributed by atoms with Gasteiger partial charge in [0.1, 0.15) is 19.0 Å². The van der Waals surface area contributed by atoms with Gasteiger partial charge >= 0.3 is 0 Å². The zero-order valence-corrected chi connectivity index (χ0v) is 20.7. The first kappa shape index (κ1) is 27.2. The molecule has 190 valence electrons. The number of fused-ring (bicyclic) bond motifs is 2. The average Bonchev–Trinajstić information content (AvgIpc) is 3.17. The molecule has 1 fully saturated rings. The molecule has 0 spiro atoms. The Morgan fingerprint density at radius 3 is 2.66 bits per heavy atom. The Morgan fingerprint density at radius 1 is 1.06 bits per heavy atom. The van der Waals surface area contributed by atoms with E-state index in [1.807, 2.05) is 6.07 Å². The zero-order valence-electron chi connectivity index (χ0n) is 19.1. The Morgan fingerprint density at radius 2 is 1.83 bits per heavy atom. The highest BCUT2D eigenvalue weighted by Crippen LogP contribution is 2.29. The molecule has 1 aromatic carbocycles. The summed E-state index contributed by atoms with van der Waals surface area (Å²) in [7, 11) is 0. The molecule has 0 amide bonds. The van der Waals surface area contributed by atoms with Crippen molar-refractivity contribution in [2.24, 2.45) is 5.92 Å². The fourth-order valence-electron chi connectivity index (χ4n) is 4.53. The number of aromatic nitrogens is 2. The number of likely N-dealkylation sites (tertiary alicyclic amines) is 1. The van der Waals surface area contributed by atoms with Crippen molar-refractivity contribution < 1.29 is 19.0 Å². The molecule has 5 rings (SSSR count). The molecule has 3 aromatic rings. The van der Waals surface area contributed by atoms with E-state index in [9.17, 15) is 14.3 Å². The Hall–Kier alpha value is -2.43. The highest BCUT2D eigenvalue weighted by Gasteiger charge is 2.30. The summed E-state index contributed by atoms with van der Waals surface area (Å²) >= 11 is 0. The van der Waals surface area contributed by atoms with Crippen LogP contribution in [-0.2, 0) is 13.1 Å². The summed E-state index contributed by atoms with van der Waals surface area (Å²) in [6.45, 7) is 4.59. The summed E-state index contributed by atoms with van der Waals surface area (Å²) in [6.07, 6.45) is 1.23. The quantitative estimate of drug-likeness (QED) is 0.487. The second-order valence-corrected chi connectivity index (χ2v) is 8.56. The van der Waals surface area contributed by atoms with Crippen molar-refractivity contribution in [1.29, 1.82) is 0 Å². The number of halogens is 3. The minimum absolute atomic E-state index is 0. The van der Waals surface area contributed by atoms with Gasteiger partial charge in [-0.25, -0.2) is 4.39 Å². The Balaban J connectivity index is 0.00000171. The van der Waals surface area contributed by atoms with Crippen molar-refractivity contribution in [3.63, 3.8) is 0 Å². The number of benzene rings is 1. The van der Waals surface area contributed by atoms with Gasteiger partial charge in [0, 0.05) is 57.3 Å². The standard InChI is InChI=1S/C24H27FN4O4.2ClH/c25-18-3-1-16-2-4-24(31)29(20(16)9-18)6-5-28-14-17(21(30)15-28)11-26-12-19-10-22-23(13-27-19)33-8-7-32-22;;/h1-4,9-10,13,17,21,26,30H,5-8,11-12,14-15H2;2*1H/t17-,21+;;/m0../s1. The molecular formula is C24H29Cl2FN4O4. The van der Waals surface area contributed by atoms with Crippen LogP contribution in [0.15, 0.2) is 47.4 Å². The predicted octanol–water partition coefficient (Wildman–Crippen LogP) is 2.23. The van der Waals surface area contributed by atoms with Gasteiger partial charge in [0.2, 0.25) is 0 Å². The maximum atomic E-state index is 13.7. The smallest absolute Gasteiger partial charge is 0.251 e. The van der Waals surface area contributed by atoms with Crippen LogP contribution in [0.2, 0.25) is 0 Å². The maximum Gasteiger partial charge on any atom is 0.251 e. The van der Waals surface area contributed by atoms with Crippen LogP contribution >= 0.6 is 24.8 Å². The van der Waals surface area contributed by atoms with Gasteiger partial charge in [-0.1, -0.05) is 0 Å². The van der Waals surface area contributed by atoms with Crippen LogP contribution in [0.1, 0.15) is 5.69 Å². The largest absolute Gasteiger partial charge is 0.486 e. The SMILES string of the molecule is Cl.Cl.O=c1ccc2ccc(F)cc2n1CCN1C[C@H](CNCc2cc3c(cn2)OCCO3)[C@H](O)C1. The fraction of sp³-hybridized carbons (Fsp3) is 0.417. The number of nitrogens with zero attached hydrogens (tertiary/aromatic N) is 3. The minimum atomic E-state index is -0.451. The van der Waals surface area contributed by atoms with E-state index in [4.69, 9.17) is 9.47 Å². The van der Waals surface area contributed by atoms with Gasteiger partial charge in [-0.2, -0.15) is 0 Å². The van der Waals surface area contributed by atoms with Crippen LogP contribution in [0, 0.1) is 11.7 Å². The molecule has 4 heterocycles. The highest BCUT2D eigenvalue weighted by molar-refractivity contribution is 5.85. The van der Waals surface area contributed by atoms with Gasteiger partial charge in [-0.05, 0) is 29.7 Å². The lowest BCUT2D eigenvalue weighted by atomic mass is 10.1. The summed E-state index contributed by atoms with van der Waals surface area (Å²) in [5, 5.41) is 14.7. The Bertz CT molecular complexity index is 1210. The topological polar surface area (TPSA) is 88.9 Å². The van der Waals surface area contributed by atoms with Crippen LogP contribution in [0.5, 0.6) is 11.5 Å². The van der Waals surface area contributed by atoms with E-state index >= 15 is 0 Å².